The number of aliphatic hydroxyl groups is 2. The average molecular weight is 1140 g/mol. The molecule has 81 heavy (non-hydrogen) atoms. The van der Waals surface area contributed by atoms with Gasteiger partial charge in [0, 0.05) is 12.8 Å². The van der Waals surface area contributed by atoms with Crippen LogP contribution in [0.3, 0.4) is 0 Å². The summed E-state index contributed by atoms with van der Waals surface area (Å²) in [5, 5.41) is 23.2. The number of carbonyl (C=O) groups excluding carboxylic acids is 2. The Morgan fingerprint density at radius 1 is 0.346 bits per heavy atom. The Balaban J connectivity index is 3.41. The van der Waals surface area contributed by atoms with E-state index < -0.39 is 12.1 Å². The first kappa shape index (κ1) is 79.1. The number of aliphatic hydroxyl groups excluding tert-OH is 2. The maximum Gasteiger partial charge on any atom is 0.305 e. The fourth-order valence-corrected chi connectivity index (χ4v) is 11.6. The van der Waals surface area contributed by atoms with Crippen molar-refractivity contribution in [3.05, 3.63) is 36.5 Å². The largest absolute Gasteiger partial charge is 0.466 e. The Bertz CT molecular complexity index is 1310. The van der Waals surface area contributed by atoms with Crippen LogP contribution >= 0.6 is 0 Å². The molecule has 6 heteroatoms. The van der Waals surface area contributed by atoms with Gasteiger partial charge in [-0.05, 0) is 64.2 Å². The summed E-state index contributed by atoms with van der Waals surface area (Å²) in [6, 6.07) is -0.630. The van der Waals surface area contributed by atoms with Crippen LogP contribution in [0.5, 0.6) is 0 Å². The van der Waals surface area contributed by atoms with Gasteiger partial charge in [-0.25, -0.2) is 0 Å². The minimum atomic E-state index is -0.846. The van der Waals surface area contributed by atoms with E-state index in [1.165, 1.54) is 334 Å². The second-order valence-corrected chi connectivity index (χ2v) is 25.3. The van der Waals surface area contributed by atoms with Gasteiger partial charge >= 0.3 is 5.97 Å². The number of rotatable bonds is 69. The fourth-order valence-electron chi connectivity index (χ4n) is 11.6. The predicted octanol–water partition coefficient (Wildman–Crippen LogP) is 23.9. The molecule has 2 unspecified atom stereocenters. The van der Waals surface area contributed by atoms with E-state index in [0.29, 0.717) is 19.4 Å². The number of allylic oxidation sites excluding steroid dienone is 5. The number of carbonyl (C=O) groups is 2. The first-order valence-corrected chi connectivity index (χ1v) is 36.8. The third-order valence-electron chi connectivity index (χ3n) is 17.2. The van der Waals surface area contributed by atoms with Crippen molar-refractivity contribution in [2.75, 3.05) is 13.2 Å². The molecule has 0 heterocycles. The number of amides is 1. The van der Waals surface area contributed by atoms with E-state index in [4.69, 9.17) is 4.74 Å². The molecule has 3 N–H and O–H groups in total. The van der Waals surface area contributed by atoms with Gasteiger partial charge in [-0.3, -0.25) is 9.59 Å². The van der Waals surface area contributed by atoms with Gasteiger partial charge in [0.15, 0.2) is 0 Å². The summed E-state index contributed by atoms with van der Waals surface area (Å²) >= 11 is 0. The van der Waals surface area contributed by atoms with Gasteiger partial charge in [-0.2, -0.15) is 0 Å². The summed E-state index contributed by atoms with van der Waals surface area (Å²) in [5.41, 5.74) is 0. The maximum atomic E-state index is 12.5. The quantitative estimate of drug-likeness (QED) is 0.0320. The molecule has 0 radical (unpaired) electrons. The van der Waals surface area contributed by atoms with E-state index in [1.54, 1.807) is 6.08 Å². The van der Waals surface area contributed by atoms with Crippen LogP contribution < -0.4 is 5.32 Å². The second-order valence-electron chi connectivity index (χ2n) is 25.3. The Kier molecular flexibility index (Phi) is 68.9. The third-order valence-corrected chi connectivity index (χ3v) is 17.2. The maximum absolute atomic E-state index is 12.5. The molecule has 0 fully saturated rings. The first-order chi connectivity index (χ1) is 40.0. The van der Waals surface area contributed by atoms with Crippen LogP contribution in [0.15, 0.2) is 36.5 Å². The first-order valence-electron chi connectivity index (χ1n) is 36.8. The van der Waals surface area contributed by atoms with Crippen molar-refractivity contribution in [3.8, 4) is 0 Å². The zero-order valence-corrected chi connectivity index (χ0v) is 54.8. The summed E-state index contributed by atoms with van der Waals surface area (Å²) in [7, 11) is 0. The highest BCUT2D eigenvalue weighted by Gasteiger charge is 2.18. The minimum absolute atomic E-state index is 0.0157. The molecule has 0 aromatic carbocycles. The van der Waals surface area contributed by atoms with E-state index in [-0.39, 0.29) is 18.5 Å². The molecule has 0 saturated carbocycles. The van der Waals surface area contributed by atoms with Crippen molar-refractivity contribution >= 4 is 11.9 Å². The van der Waals surface area contributed by atoms with Crippen molar-refractivity contribution < 1.29 is 24.5 Å². The van der Waals surface area contributed by atoms with Gasteiger partial charge in [0.1, 0.15) is 0 Å². The third kappa shape index (κ3) is 67.1. The highest BCUT2D eigenvalue weighted by Crippen LogP contribution is 2.19. The molecule has 0 aromatic heterocycles. The lowest BCUT2D eigenvalue weighted by Crippen LogP contribution is -2.45. The number of hydrogen-bond acceptors (Lipinski definition) is 5. The Morgan fingerprint density at radius 3 is 0.938 bits per heavy atom. The molecule has 0 aliphatic carbocycles. The molecule has 6 nitrogen and oxygen atoms in total. The standard InChI is InChI=1S/C75H143NO5/c1-3-5-7-9-11-13-15-17-19-21-33-36-39-43-47-51-55-59-63-67-73(78)72(71-77)76-74(79)68-64-60-56-52-48-44-40-37-34-31-29-27-25-23-22-24-26-28-30-32-35-38-42-46-50-54-58-62-66-70-81-75(80)69-65-61-57-53-49-45-41-20-18-16-14-12-10-8-6-4-2/h22,24,28,30,63,67,72-73,77-78H,3-21,23,25-27,29,31-62,64-66,68-71H2,1-2H3,(H,76,79)/b24-22-,30-28-,67-63+. The summed E-state index contributed by atoms with van der Waals surface area (Å²) < 4.78 is 5.50. The summed E-state index contributed by atoms with van der Waals surface area (Å²) in [6.07, 6.45) is 90.9. The highest BCUT2D eigenvalue weighted by atomic mass is 16.5. The fraction of sp³-hybridized carbons (Fsp3) is 0.893. The summed E-state index contributed by atoms with van der Waals surface area (Å²) in [6.45, 7) is 4.94. The van der Waals surface area contributed by atoms with E-state index in [2.05, 4.69) is 43.5 Å². The summed E-state index contributed by atoms with van der Waals surface area (Å²) in [4.78, 5) is 24.6. The van der Waals surface area contributed by atoms with Crippen LogP contribution in [0.1, 0.15) is 406 Å². The molecule has 478 valence electrons. The number of hydrogen-bond donors (Lipinski definition) is 3. The molecule has 0 spiro atoms. The normalized spacial score (nSPS) is 12.7. The van der Waals surface area contributed by atoms with Gasteiger partial charge in [-0.15, -0.1) is 0 Å². The Labute approximate surface area is 506 Å². The predicted molar refractivity (Wildman–Crippen MR) is 356 cm³/mol. The smallest absolute Gasteiger partial charge is 0.305 e. The number of ether oxygens (including phenoxy) is 1. The molecular weight excluding hydrogens is 995 g/mol. The van der Waals surface area contributed by atoms with Crippen molar-refractivity contribution in [1.82, 2.24) is 5.32 Å². The Morgan fingerprint density at radius 2 is 0.617 bits per heavy atom. The van der Waals surface area contributed by atoms with E-state index in [9.17, 15) is 19.8 Å². The van der Waals surface area contributed by atoms with E-state index >= 15 is 0 Å². The van der Waals surface area contributed by atoms with Crippen molar-refractivity contribution in [2.24, 2.45) is 0 Å². The molecule has 0 rings (SSSR count). The van der Waals surface area contributed by atoms with Crippen LogP contribution in [0.2, 0.25) is 0 Å². The number of esters is 1. The lowest BCUT2D eigenvalue weighted by atomic mass is 10.0. The van der Waals surface area contributed by atoms with Crippen LogP contribution in [-0.4, -0.2) is 47.4 Å². The van der Waals surface area contributed by atoms with E-state index in [1.807, 2.05) is 6.08 Å². The zero-order valence-electron chi connectivity index (χ0n) is 54.8. The topological polar surface area (TPSA) is 95.9 Å². The van der Waals surface area contributed by atoms with Crippen molar-refractivity contribution in [1.29, 1.82) is 0 Å². The van der Waals surface area contributed by atoms with E-state index in [0.717, 1.165) is 44.9 Å². The highest BCUT2D eigenvalue weighted by molar-refractivity contribution is 5.76. The van der Waals surface area contributed by atoms with Gasteiger partial charge in [-0.1, -0.05) is 365 Å². The van der Waals surface area contributed by atoms with Gasteiger partial charge in [0.25, 0.3) is 0 Å². The Hall–Kier alpha value is -1.92. The van der Waals surface area contributed by atoms with Gasteiger partial charge < -0.3 is 20.3 Å². The average Bonchev–Trinajstić information content (AvgIpc) is 3.47. The van der Waals surface area contributed by atoms with Crippen LogP contribution in [0, 0.1) is 0 Å². The zero-order chi connectivity index (χ0) is 58.5. The second kappa shape index (κ2) is 70.6. The van der Waals surface area contributed by atoms with Crippen LogP contribution in [-0.2, 0) is 14.3 Å². The van der Waals surface area contributed by atoms with Gasteiger partial charge in [0.05, 0.1) is 25.4 Å². The van der Waals surface area contributed by atoms with Crippen LogP contribution in [0.4, 0.5) is 0 Å². The molecule has 2 atom stereocenters. The summed E-state index contributed by atoms with van der Waals surface area (Å²) in [5.74, 6) is -0.0499. The lowest BCUT2D eigenvalue weighted by Gasteiger charge is -2.20. The molecule has 0 saturated heterocycles. The van der Waals surface area contributed by atoms with Crippen molar-refractivity contribution in [2.45, 2.75) is 418 Å². The SMILES string of the molecule is CCCCCCCCCCCCCCCCCCC/C=C/C(O)C(CO)NC(=O)CCCCCCCCCCCCCCC/C=C\C/C=C\CCCCCCCCCCCOC(=O)CCCCCCCCCCCCCCCCCC. The molecule has 0 aromatic rings. The molecular formula is C75H143NO5. The number of nitrogens with one attached hydrogen (secondary N) is 1. The monoisotopic (exact) mass is 1140 g/mol. The van der Waals surface area contributed by atoms with Gasteiger partial charge in [0.2, 0.25) is 5.91 Å². The molecule has 0 bridgehead atoms. The lowest BCUT2D eigenvalue weighted by molar-refractivity contribution is -0.143. The minimum Gasteiger partial charge on any atom is -0.466 e. The van der Waals surface area contributed by atoms with Crippen LogP contribution in [0.25, 0.3) is 0 Å². The molecule has 0 aliphatic heterocycles. The number of unbranched alkanes of at least 4 members (excludes halogenated alkanes) is 54. The van der Waals surface area contributed by atoms with Crippen molar-refractivity contribution in [3.63, 3.8) is 0 Å². The molecule has 0 aliphatic rings. The molecule has 1 amide bonds.